The summed E-state index contributed by atoms with van der Waals surface area (Å²) in [7, 11) is 4.01. The molecule has 0 spiro atoms. The number of carbonyl (C=O) groups is 1. The van der Waals surface area contributed by atoms with Crippen LogP contribution in [-0.2, 0) is 0 Å². The lowest BCUT2D eigenvalue weighted by atomic mass is 10.2. The van der Waals surface area contributed by atoms with Gasteiger partial charge in [0.05, 0.1) is 10.2 Å². The van der Waals surface area contributed by atoms with E-state index in [0.717, 1.165) is 23.2 Å². The third-order valence-electron chi connectivity index (χ3n) is 4.61. The third-order valence-corrected chi connectivity index (χ3v) is 6.09. The Morgan fingerprint density at radius 1 is 1.03 bits per heavy atom. The zero-order valence-corrected chi connectivity index (χ0v) is 19.0. The molecule has 0 saturated carbocycles. The van der Waals surface area contributed by atoms with E-state index in [-0.39, 0.29) is 5.91 Å². The maximum atomic E-state index is 13.4. The van der Waals surface area contributed by atoms with Crippen LogP contribution in [0.25, 0.3) is 10.2 Å². The molecule has 0 bridgehead atoms. The van der Waals surface area contributed by atoms with Gasteiger partial charge in [-0.2, -0.15) is 0 Å². The van der Waals surface area contributed by atoms with Gasteiger partial charge in [0.1, 0.15) is 13.2 Å². The highest BCUT2D eigenvalue weighted by molar-refractivity contribution is 7.22. The molecule has 0 radical (unpaired) electrons. The number of hydrogen-bond donors (Lipinski definition) is 0. The van der Waals surface area contributed by atoms with E-state index in [9.17, 15) is 4.79 Å². The molecule has 1 amide bonds. The first-order valence-corrected chi connectivity index (χ1v) is 11.1. The van der Waals surface area contributed by atoms with Crippen LogP contribution in [-0.4, -0.2) is 56.2 Å². The van der Waals surface area contributed by atoms with E-state index in [2.05, 4.69) is 4.90 Å². The number of aromatic nitrogens is 1. The van der Waals surface area contributed by atoms with Gasteiger partial charge < -0.3 is 14.4 Å². The molecule has 0 fully saturated rings. The fraction of sp³-hybridized carbons (Fsp3) is 0.333. The number of ether oxygens (including phenoxy) is 2. The van der Waals surface area contributed by atoms with Crippen LogP contribution in [0.15, 0.2) is 30.3 Å². The van der Waals surface area contributed by atoms with Crippen LogP contribution >= 0.6 is 34.5 Å². The second kappa shape index (κ2) is 8.98. The van der Waals surface area contributed by atoms with Crippen molar-refractivity contribution in [2.45, 2.75) is 6.42 Å². The van der Waals surface area contributed by atoms with Crippen LogP contribution in [0.3, 0.4) is 0 Å². The van der Waals surface area contributed by atoms with E-state index in [1.165, 1.54) is 11.3 Å². The first-order chi connectivity index (χ1) is 14.4. The van der Waals surface area contributed by atoms with Crippen LogP contribution in [0, 0.1) is 0 Å². The SMILES string of the molecule is CN(C)CCCN(C(=O)c1cc(Cl)cc(Cl)c1)c1nc2cc3c(cc2s1)OCCO3. The molecule has 0 saturated heterocycles. The molecule has 158 valence electrons. The van der Waals surface area contributed by atoms with E-state index < -0.39 is 0 Å². The Hall–Kier alpha value is -2.06. The van der Waals surface area contributed by atoms with Crippen LogP contribution in [0.1, 0.15) is 16.8 Å². The standard InChI is InChI=1S/C21H21Cl2N3O3S/c1-25(2)4-3-5-26(20(27)13-8-14(22)10-15(23)9-13)21-24-16-11-17-18(12-19(16)30-21)29-7-6-28-17/h8-12H,3-7H2,1-2H3. The second-order valence-corrected chi connectivity index (χ2v) is 9.11. The summed E-state index contributed by atoms with van der Waals surface area (Å²) in [5.41, 5.74) is 1.20. The summed E-state index contributed by atoms with van der Waals surface area (Å²) >= 11 is 13.7. The Morgan fingerprint density at radius 3 is 2.37 bits per heavy atom. The number of amides is 1. The Balaban J connectivity index is 1.70. The summed E-state index contributed by atoms with van der Waals surface area (Å²) < 4.78 is 12.3. The molecule has 9 heteroatoms. The van der Waals surface area contributed by atoms with Crippen LogP contribution in [0.2, 0.25) is 10.0 Å². The molecule has 3 aromatic rings. The summed E-state index contributed by atoms with van der Waals surface area (Å²) in [6.45, 7) is 2.41. The quantitative estimate of drug-likeness (QED) is 0.514. The van der Waals surface area contributed by atoms with Gasteiger partial charge in [-0.1, -0.05) is 34.5 Å². The highest BCUT2D eigenvalue weighted by Crippen LogP contribution is 2.39. The molecule has 30 heavy (non-hydrogen) atoms. The highest BCUT2D eigenvalue weighted by atomic mass is 35.5. The lowest BCUT2D eigenvalue weighted by Gasteiger charge is -2.21. The molecular formula is C21H21Cl2N3O3S. The van der Waals surface area contributed by atoms with Crippen molar-refractivity contribution in [3.8, 4) is 11.5 Å². The van der Waals surface area contributed by atoms with Crippen molar-refractivity contribution in [3.05, 3.63) is 45.9 Å². The summed E-state index contributed by atoms with van der Waals surface area (Å²) in [6, 6.07) is 8.65. The predicted molar refractivity (Wildman–Crippen MR) is 122 cm³/mol. The van der Waals surface area contributed by atoms with Crippen molar-refractivity contribution in [3.63, 3.8) is 0 Å². The van der Waals surface area contributed by atoms with Gasteiger partial charge in [-0.3, -0.25) is 9.69 Å². The minimum Gasteiger partial charge on any atom is -0.486 e. The largest absolute Gasteiger partial charge is 0.486 e. The summed E-state index contributed by atoms with van der Waals surface area (Å²) in [5.74, 6) is 1.20. The van der Waals surface area contributed by atoms with Crippen LogP contribution in [0.4, 0.5) is 5.13 Å². The first-order valence-electron chi connectivity index (χ1n) is 9.53. The van der Waals surface area contributed by atoms with Gasteiger partial charge in [0, 0.05) is 34.3 Å². The molecular weight excluding hydrogens is 445 g/mol. The highest BCUT2D eigenvalue weighted by Gasteiger charge is 2.23. The summed E-state index contributed by atoms with van der Waals surface area (Å²) in [4.78, 5) is 21.9. The minimum absolute atomic E-state index is 0.186. The van der Waals surface area contributed by atoms with Crippen LogP contribution < -0.4 is 14.4 Å². The number of anilines is 1. The topological polar surface area (TPSA) is 54.9 Å². The molecule has 4 rings (SSSR count). The molecule has 6 nitrogen and oxygen atoms in total. The lowest BCUT2D eigenvalue weighted by molar-refractivity contribution is 0.0986. The van der Waals surface area contributed by atoms with Crippen LogP contribution in [0.5, 0.6) is 11.5 Å². The van der Waals surface area contributed by atoms with Gasteiger partial charge in [0.2, 0.25) is 0 Å². The smallest absolute Gasteiger partial charge is 0.260 e. The molecule has 0 atom stereocenters. The number of benzene rings is 2. The average molecular weight is 466 g/mol. The molecule has 0 N–H and O–H groups in total. The number of halogens is 2. The fourth-order valence-corrected chi connectivity index (χ4v) is 4.76. The van der Waals surface area contributed by atoms with E-state index >= 15 is 0 Å². The summed E-state index contributed by atoms with van der Waals surface area (Å²) in [5, 5.41) is 1.46. The monoisotopic (exact) mass is 465 g/mol. The first kappa shape index (κ1) is 21.2. The van der Waals surface area contributed by atoms with E-state index in [1.807, 2.05) is 26.2 Å². The third kappa shape index (κ3) is 4.64. The zero-order valence-electron chi connectivity index (χ0n) is 16.7. The molecule has 1 aliphatic heterocycles. The maximum absolute atomic E-state index is 13.4. The molecule has 0 aliphatic carbocycles. The lowest BCUT2D eigenvalue weighted by Crippen LogP contribution is -2.33. The fourth-order valence-electron chi connectivity index (χ4n) is 3.23. The second-order valence-electron chi connectivity index (χ2n) is 7.23. The summed E-state index contributed by atoms with van der Waals surface area (Å²) in [6.07, 6.45) is 0.797. The van der Waals surface area contributed by atoms with Gasteiger partial charge in [0.25, 0.3) is 5.91 Å². The number of carbonyl (C=O) groups excluding carboxylic acids is 1. The Bertz CT molecular complexity index is 1020. The van der Waals surface area contributed by atoms with Gasteiger partial charge in [-0.05, 0) is 45.3 Å². The van der Waals surface area contributed by atoms with Crippen molar-refractivity contribution in [1.29, 1.82) is 0 Å². The number of hydrogen-bond acceptors (Lipinski definition) is 6. The number of fused-ring (bicyclic) bond motifs is 2. The van der Waals surface area contributed by atoms with Gasteiger partial charge >= 0.3 is 0 Å². The van der Waals surface area contributed by atoms with Gasteiger partial charge in [-0.25, -0.2) is 4.98 Å². The Morgan fingerprint density at radius 2 is 1.70 bits per heavy atom. The maximum Gasteiger partial charge on any atom is 0.260 e. The van der Waals surface area contributed by atoms with Crippen molar-refractivity contribution < 1.29 is 14.3 Å². The molecule has 2 heterocycles. The predicted octanol–water partition coefficient (Wildman–Crippen LogP) is 4.97. The zero-order chi connectivity index (χ0) is 21.3. The average Bonchev–Trinajstić information content (AvgIpc) is 3.10. The van der Waals surface area contributed by atoms with Crippen molar-refractivity contribution in [1.82, 2.24) is 9.88 Å². The van der Waals surface area contributed by atoms with Crippen molar-refractivity contribution >= 4 is 55.8 Å². The minimum atomic E-state index is -0.186. The molecule has 0 unspecified atom stereocenters. The van der Waals surface area contributed by atoms with Crippen molar-refractivity contribution in [2.75, 3.05) is 45.3 Å². The van der Waals surface area contributed by atoms with Gasteiger partial charge in [-0.15, -0.1) is 0 Å². The Kier molecular flexibility index (Phi) is 6.34. The van der Waals surface area contributed by atoms with E-state index in [4.69, 9.17) is 37.7 Å². The molecule has 1 aliphatic rings. The van der Waals surface area contributed by atoms with E-state index in [1.54, 1.807) is 23.1 Å². The Labute approximate surface area is 188 Å². The normalized spacial score (nSPS) is 13.1. The van der Waals surface area contributed by atoms with E-state index in [0.29, 0.717) is 52.0 Å². The number of rotatable bonds is 6. The van der Waals surface area contributed by atoms with Crippen molar-refractivity contribution in [2.24, 2.45) is 0 Å². The number of thiazole rings is 1. The van der Waals surface area contributed by atoms with Gasteiger partial charge in [0.15, 0.2) is 16.6 Å². The molecule has 1 aromatic heterocycles. The number of nitrogens with zero attached hydrogens (tertiary/aromatic N) is 3. The molecule has 2 aromatic carbocycles.